The van der Waals surface area contributed by atoms with Crippen molar-refractivity contribution in [1.82, 2.24) is 4.90 Å². The van der Waals surface area contributed by atoms with Crippen LogP contribution in [0.3, 0.4) is 0 Å². The molecule has 1 aromatic rings. The van der Waals surface area contributed by atoms with Gasteiger partial charge in [-0.2, -0.15) is 0 Å². The van der Waals surface area contributed by atoms with E-state index in [0.717, 1.165) is 17.7 Å². The molecule has 2 saturated heterocycles. The number of morpholine rings is 1. The number of nitrogens with zero attached hydrogens (tertiary/aromatic N) is 2. The highest BCUT2D eigenvalue weighted by atomic mass is 16.5. The van der Waals surface area contributed by atoms with Crippen LogP contribution in [0.2, 0.25) is 0 Å². The van der Waals surface area contributed by atoms with Gasteiger partial charge in [0.1, 0.15) is 0 Å². The number of carbonyl (C=O) groups is 3. The molecular formula is C19H24N2O5. The summed E-state index contributed by atoms with van der Waals surface area (Å²) in [5.41, 5.74) is 1.96. The Hall–Kier alpha value is -2.41. The highest BCUT2D eigenvalue weighted by Crippen LogP contribution is 2.29. The minimum atomic E-state index is -0.942. The van der Waals surface area contributed by atoms with Gasteiger partial charge in [-0.1, -0.05) is 25.1 Å². The number of hydrogen-bond donors (Lipinski definition) is 1. The highest BCUT2D eigenvalue weighted by Gasteiger charge is 2.39. The second-order valence-electron chi connectivity index (χ2n) is 6.76. The minimum absolute atomic E-state index is 0.0420. The molecule has 1 N–H and O–H groups in total. The predicted octanol–water partition coefficient (Wildman–Crippen LogP) is 1.30. The van der Waals surface area contributed by atoms with Crippen molar-refractivity contribution in [2.45, 2.75) is 32.3 Å². The first-order valence-electron chi connectivity index (χ1n) is 9.00. The van der Waals surface area contributed by atoms with Gasteiger partial charge in [0, 0.05) is 31.7 Å². The molecule has 2 aliphatic rings. The summed E-state index contributed by atoms with van der Waals surface area (Å²) >= 11 is 0. The molecule has 7 heteroatoms. The third-order valence-corrected chi connectivity index (χ3v) is 4.99. The number of anilines is 1. The van der Waals surface area contributed by atoms with E-state index in [0.29, 0.717) is 19.7 Å². The largest absolute Gasteiger partial charge is 0.481 e. The first-order valence-corrected chi connectivity index (χ1v) is 9.00. The SMILES string of the molecule is CCc1ccccc1N1C[C@@H](C(=O)N2CCO[C@H](CC(=O)O)C2)CC1=O. The maximum atomic E-state index is 12.9. The third-order valence-electron chi connectivity index (χ3n) is 4.99. The lowest BCUT2D eigenvalue weighted by molar-refractivity contribution is -0.149. The molecule has 2 fully saturated rings. The van der Waals surface area contributed by atoms with E-state index in [9.17, 15) is 14.4 Å². The molecule has 3 rings (SSSR count). The number of carbonyl (C=O) groups excluding carboxylic acids is 2. The van der Waals surface area contributed by atoms with Crippen LogP contribution in [0.1, 0.15) is 25.3 Å². The molecule has 2 aliphatic heterocycles. The molecule has 0 saturated carbocycles. The van der Waals surface area contributed by atoms with Crippen molar-refractivity contribution >= 4 is 23.5 Å². The van der Waals surface area contributed by atoms with Gasteiger partial charge in [-0.05, 0) is 18.1 Å². The van der Waals surface area contributed by atoms with Crippen molar-refractivity contribution < 1.29 is 24.2 Å². The fraction of sp³-hybridized carbons (Fsp3) is 0.526. The number of ether oxygens (including phenoxy) is 1. The first-order chi connectivity index (χ1) is 12.5. The van der Waals surface area contributed by atoms with Gasteiger partial charge in [-0.25, -0.2) is 0 Å². The Kier molecular flexibility index (Phi) is 5.56. The monoisotopic (exact) mass is 360 g/mol. The Morgan fingerprint density at radius 2 is 2.04 bits per heavy atom. The summed E-state index contributed by atoms with van der Waals surface area (Å²) < 4.78 is 5.42. The summed E-state index contributed by atoms with van der Waals surface area (Å²) in [6.45, 7) is 3.44. The van der Waals surface area contributed by atoms with E-state index in [1.54, 1.807) is 9.80 Å². The molecule has 0 aromatic heterocycles. The molecule has 2 amide bonds. The van der Waals surface area contributed by atoms with Gasteiger partial charge in [0.05, 0.1) is 25.0 Å². The first kappa shape index (κ1) is 18.4. The van der Waals surface area contributed by atoms with Crippen LogP contribution in [0.25, 0.3) is 0 Å². The quantitative estimate of drug-likeness (QED) is 0.855. The van der Waals surface area contributed by atoms with Gasteiger partial charge in [0.15, 0.2) is 0 Å². The lowest BCUT2D eigenvalue weighted by Crippen LogP contribution is -2.48. The zero-order valence-corrected chi connectivity index (χ0v) is 14.9. The van der Waals surface area contributed by atoms with Crippen LogP contribution in [0.15, 0.2) is 24.3 Å². The fourth-order valence-corrected chi connectivity index (χ4v) is 3.67. The van der Waals surface area contributed by atoms with Crippen molar-refractivity contribution in [2.75, 3.05) is 31.1 Å². The van der Waals surface area contributed by atoms with Crippen LogP contribution in [0.5, 0.6) is 0 Å². The molecule has 0 spiro atoms. The fourth-order valence-electron chi connectivity index (χ4n) is 3.67. The normalized spacial score (nSPS) is 23.3. The van der Waals surface area contributed by atoms with Crippen LogP contribution in [0.4, 0.5) is 5.69 Å². The number of carboxylic acid groups (broad SMARTS) is 1. The molecule has 2 heterocycles. The summed E-state index contributed by atoms with van der Waals surface area (Å²) in [6.07, 6.45) is 0.402. The van der Waals surface area contributed by atoms with E-state index >= 15 is 0 Å². The summed E-state index contributed by atoms with van der Waals surface area (Å²) in [4.78, 5) is 39.6. The topological polar surface area (TPSA) is 87.2 Å². The van der Waals surface area contributed by atoms with Gasteiger partial charge >= 0.3 is 5.97 Å². The maximum Gasteiger partial charge on any atom is 0.306 e. The Balaban J connectivity index is 1.68. The molecule has 26 heavy (non-hydrogen) atoms. The number of carboxylic acids is 1. The molecule has 0 bridgehead atoms. The summed E-state index contributed by atoms with van der Waals surface area (Å²) in [7, 11) is 0. The average molecular weight is 360 g/mol. The molecule has 0 unspecified atom stereocenters. The zero-order valence-electron chi connectivity index (χ0n) is 14.9. The van der Waals surface area contributed by atoms with Crippen LogP contribution in [-0.2, 0) is 25.5 Å². The maximum absolute atomic E-state index is 12.9. The number of aliphatic carboxylic acids is 1. The summed E-state index contributed by atoms with van der Waals surface area (Å²) in [5, 5.41) is 8.91. The van der Waals surface area contributed by atoms with Crippen LogP contribution in [-0.4, -0.2) is 60.1 Å². The third kappa shape index (κ3) is 3.88. The minimum Gasteiger partial charge on any atom is -0.481 e. The van der Waals surface area contributed by atoms with Gasteiger partial charge in [0.2, 0.25) is 11.8 Å². The van der Waals surface area contributed by atoms with Crippen molar-refractivity contribution in [3.63, 3.8) is 0 Å². The Morgan fingerprint density at radius 3 is 2.77 bits per heavy atom. The number of hydrogen-bond acceptors (Lipinski definition) is 4. The van der Waals surface area contributed by atoms with E-state index in [4.69, 9.17) is 9.84 Å². The molecule has 7 nitrogen and oxygen atoms in total. The van der Waals surface area contributed by atoms with E-state index in [2.05, 4.69) is 0 Å². The number of para-hydroxylation sites is 1. The smallest absolute Gasteiger partial charge is 0.306 e. The highest BCUT2D eigenvalue weighted by molar-refractivity contribution is 6.00. The van der Waals surface area contributed by atoms with Crippen molar-refractivity contribution in [3.8, 4) is 0 Å². The van der Waals surface area contributed by atoms with Crippen molar-refractivity contribution in [1.29, 1.82) is 0 Å². The van der Waals surface area contributed by atoms with E-state index in [-0.39, 0.29) is 31.2 Å². The van der Waals surface area contributed by atoms with Crippen LogP contribution in [0, 0.1) is 5.92 Å². The average Bonchev–Trinajstić information content (AvgIpc) is 3.02. The van der Waals surface area contributed by atoms with Gasteiger partial charge in [0.25, 0.3) is 0 Å². The molecular weight excluding hydrogens is 336 g/mol. The molecule has 0 aliphatic carbocycles. The van der Waals surface area contributed by atoms with Crippen LogP contribution < -0.4 is 4.90 Å². The lowest BCUT2D eigenvalue weighted by atomic mass is 10.1. The van der Waals surface area contributed by atoms with Gasteiger partial charge in [-0.15, -0.1) is 0 Å². The van der Waals surface area contributed by atoms with Gasteiger partial charge < -0.3 is 19.6 Å². The van der Waals surface area contributed by atoms with Crippen LogP contribution >= 0.6 is 0 Å². The number of aryl methyl sites for hydroxylation is 1. The summed E-state index contributed by atoms with van der Waals surface area (Å²) in [6, 6.07) is 7.76. The Bertz CT molecular complexity index is 705. The van der Waals surface area contributed by atoms with Gasteiger partial charge in [-0.3, -0.25) is 14.4 Å². The zero-order chi connectivity index (χ0) is 18.7. The molecule has 2 atom stereocenters. The molecule has 140 valence electrons. The second-order valence-corrected chi connectivity index (χ2v) is 6.76. The molecule has 1 aromatic carbocycles. The van der Waals surface area contributed by atoms with E-state index in [1.165, 1.54) is 0 Å². The van der Waals surface area contributed by atoms with E-state index in [1.807, 2.05) is 31.2 Å². The van der Waals surface area contributed by atoms with E-state index < -0.39 is 18.0 Å². The van der Waals surface area contributed by atoms with Crippen molar-refractivity contribution in [3.05, 3.63) is 29.8 Å². The number of benzene rings is 1. The number of amides is 2. The standard InChI is InChI=1S/C19H24N2O5/c1-2-13-5-3-4-6-16(13)21-11-14(9-17(21)22)19(25)20-7-8-26-15(12-20)10-18(23)24/h3-6,14-15H,2,7-12H2,1H3,(H,23,24)/t14-,15+/m0/s1. The number of rotatable bonds is 5. The van der Waals surface area contributed by atoms with Crippen molar-refractivity contribution in [2.24, 2.45) is 5.92 Å². The second kappa shape index (κ2) is 7.86. The Morgan fingerprint density at radius 1 is 1.27 bits per heavy atom. The molecule has 0 radical (unpaired) electrons. The Labute approximate surface area is 152 Å². The summed E-state index contributed by atoms with van der Waals surface area (Å²) in [5.74, 6) is -1.47. The predicted molar refractivity (Wildman–Crippen MR) is 94.9 cm³/mol. The lowest BCUT2D eigenvalue weighted by Gasteiger charge is -2.33.